The lowest BCUT2D eigenvalue weighted by Crippen LogP contribution is -2.02. The average Bonchev–Trinajstić information content (AvgIpc) is 2.65. The number of nitrogens with zero attached hydrogens (tertiary/aromatic N) is 4. The van der Waals surface area contributed by atoms with E-state index < -0.39 is 5.82 Å². The summed E-state index contributed by atoms with van der Waals surface area (Å²) in [5, 5.41) is 2.75. The third-order valence-electron chi connectivity index (χ3n) is 2.00. The summed E-state index contributed by atoms with van der Waals surface area (Å²) < 4.78 is 15.1. The summed E-state index contributed by atoms with van der Waals surface area (Å²) in [6.45, 7) is 0. The van der Waals surface area contributed by atoms with Crippen molar-refractivity contribution in [3.8, 4) is 11.5 Å². The summed E-state index contributed by atoms with van der Waals surface area (Å²) in [5.74, 6) is 0.365. The Bertz CT molecular complexity index is 479. The van der Waals surface area contributed by atoms with Crippen LogP contribution < -0.4 is 5.32 Å². The van der Waals surface area contributed by atoms with E-state index in [2.05, 4.69) is 20.3 Å². The maximum Gasteiger partial charge on any atom is 0.223 e. The number of hydrogen-bond acceptors (Lipinski definition) is 4. The fraction of sp³-hybridized carbons (Fsp3) is 0.222. The van der Waals surface area contributed by atoms with Crippen LogP contribution in [-0.4, -0.2) is 26.6 Å². The summed E-state index contributed by atoms with van der Waals surface area (Å²) in [6, 6.07) is 0. The monoisotopic (exact) mass is 207 g/mol. The minimum atomic E-state index is -0.483. The quantitative estimate of drug-likeness (QED) is 0.800. The molecule has 0 fully saturated rings. The Labute approximate surface area is 86.0 Å². The van der Waals surface area contributed by atoms with Crippen LogP contribution in [0.5, 0.6) is 0 Å². The Morgan fingerprint density at radius 1 is 1.40 bits per heavy atom. The zero-order valence-electron chi connectivity index (χ0n) is 8.40. The Morgan fingerprint density at radius 3 is 2.80 bits per heavy atom. The molecular weight excluding hydrogens is 197 g/mol. The lowest BCUT2D eigenvalue weighted by atomic mass is 10.3. The van der Waals surface area contributed by atoms with E-state index in [1.54, 1.807) is 31.1 Å². The Kier molecular flexibility index (Phi) is 2.32. The van der Waals surface area contributed by atoms with Crippen molar-refractivity contribution in [2.24, 2.45) is 7.05 Å². The van der Waals surface area contributed by atoms with Gasteiger partial charge in [0.2, 0.25) is 5.95 Å². The van der Waals surface area contributed by atoms with Crippen molar-refractivity contribution in [3.63, 3.8) is 0 Å². The molecule has 0 aliphatic carbocycles. The van der Waals surface area contributed by atoms with Gasteiger partial charge in [-0.1, -0.05) is 0 Å². The summed E-state index contributed by atoms with van der Waals surface area (Å²) in [6.07, 6.45) is 4.45. The van der Waals surface area contributed by atoms with Gasteiger partial charge in [0.1, 0.15) is 5.69 Å². The van der Waals surface area contributed by atoms with Gasteiger partial charge in [0.15, 0.2) is 11.6 Å². The summed E-state index contributed by atoms with van der Waals surface area (Å²) in [5.41, 5.74) is 0.196. The van der Waals surface area contributed by atoms with Crippen molar-refractivity contribution in [2.75, 3.05) is 12.4 Å². The van der Waals surface area contributed by atoms with E-state index in [9.17, 15) is 4.39 Å². The summed E-state index contributed by atoms with van der Waals surface area (Å²) >= 11 is 0. The van der Waals surface area contributed by atoms with Crippen LogP contribution in [0.1, 0.15) is 0 Å². The SMILES string of the molecule is CNc1ncc(F)c(-c2nccn2C)n1. The van der Waals surface area contributed by atoms with Gasteiger partial charge in [-0.15, -0.1) is 0 Å². The molecule has 2 aromatic rings. The van der Waals surface area contributed by atoms with Gasteiger partial charge >= 0.3 is 0 Å². The minimum absolute atomic E-state index is 0.196. The summed E-state index contributed by atoms with van der Waals surface area (Å²) in [4.78, 5) is 11.8. The maximum atomic E-state index is 13.4. The van der Waals surface area contributed by atoms with Gasteiger partial charge in [0, 0.05) is 26.5 Å². The minimum Gasteiger partial charge on any atom is -0.357 e. The van der Waals surface area contributed by atoms with Crippen LogP contribution in [0.3, 0.4) is 0 Å². The van der Waals surface area contributed by atoms with Crippen molar-refractivity contribution in [3.05, 3.63) is 24.4 Å². The Morgan fingerprint density at radius 2 is 2.20 bits per heavy atom. The molecule has 1 N–H and O–H groups in total. The predicted molar refractivity (Wildman–Crippen MR) is 53.7 cm³/mol. The van der Waals surface area contributed by atoms with Gasteiger partial charge in [0.05, 0.1) is 6.20 Å². The molecule has 5 nitrogen and oxygen atoms in total. The lowest BCUT2D eigenvalue weighted by molar-refractivity contribution is 0.615. The van der Waals surface area contributed by atoms with E-state index >= 15 is 0 Å². The standard InChI is InChI=1S/C9H10FN5/c1-11-9-13-5-6(10)7(14-9)8-12-3-4-15(8)2/h3-5H,1-2H3,(H,11,13,14). The van der Waals surface area contributed by atoms with E-state index in [1.165, 1.54) is 0 Å². The molecule has 2 heterocycles. The van der Waals surface area contributed by atoms with Crippen LogP contribution in [0.2, 0.25) is 0 Å². The van der Waals surface area contributed by atoms with Crippen LogP contribution in [0, 0.1) is 5.82 Å². The van der Waals surface area contributed by atoms with E-state index in [0.29, 0.717) is 11.8 Å². The average molecular weight is 207 g/mol. The fourth-order valence-corrected chi connectivity index (χ4v) is 1.24. The Balaban J connectivity index is 2.56. The zero-order chi connectivity index (χ0) is 10.8. The number of imidazole rings is 1. The smallest absolute Gasteiger partial charge is 0.223 e. The molecule has 0 radical (unpaired) electrons. The molecule has 0 atom stereocenters. The van der Waals surface area contributed by atoms with Crippen molar-refractivity contribution >= 4 is 5.95 Å². The number of aryl methyl sites for hydroxylation is 1. The first kappa shape index (κ1) is 9.57. The molecule has 2 rings (SSSR count). The van der Waals surface area contributed by atoms with Gasteiger partial charge in [-0.2, -0.15) is 0 Å². The molecule has 0 unspecified atom stereocenters. The van der Waals surface area contributed by atoms with Gasteiger partial charge < -0.3 is 9.88 Å². The number of rotatable bonds is 2. The largest absolute Gasteiger partial charge is 0.357 e. The van der Waals surface area contributed by atoms with Gasteiger partial charge in [-0.3, -0.25) is 0 Å². The lowest BCUT2D eigenvalue weighted by Gasteiger charge is -2.04. The molecule has 0 bridgehead atoms. The van der Waals surface area contributed by atoms with Crippen LogP contribution in [0.15, 0.2) is 18.6 Å². The first-order valence-electron chi connectivity index (χ1n) is 4.40. The molecule has 15 heavy (non-hydrogen) atoms. The molecule has 0 spiro atoms. The molecule has 0 saturated heterocycles. The van der Waals surface area contributed by atoms with Crippen LogP contribution in [0.4, 0.5) is 10.3 Å². The highest BCUT2D eigenvalue weighted by atomic mass is 19.1. The second kappa shape index (κ2) is 3.64. The molecule has 78 valence electrons. The Hall–Kier alpha value is -1.98. The first-order valence-corrected chi connectivity index (χ1v) is 4.40. The number of nitrogens with one attached hydrogen (secondary N) is 1. The predicted octanol–water partition coefficient (Wildman–Crippen LogP) is 1.06. The molecule has 6 heteroatoms. The van der Waals surface area contributed by atoms with Crippen LogP contribution in [0.25, 0.3) is 11.5 Å². The van der Waals surface area contributed by atoms with E-state index in [0.717, 1.165) is 6.20 Å². The van der Waals surface area contributed by atoms with E-state index in [1.807, 2.05) is 0 Å². The fourth-order valence-electron chi connectivity index (χ4n) is 1.24. The molecule has 0 saturated carbocycles. The van der Waals surface area contributed by atoms with Gasteiger partial charge in [0.25, 0.3) is 0 Å². The molecule has 0 amide bonds. The third-order valence-corrected chi connectivity index (χ3v) is 2.00. The van der Waals surface area contributed by atoms with E-state index in [-0.39, 0.29) is 5.69 Å². The van der Waals surface area contributed by atoms with Crippen molar-refractivity contribution in [1.29, 1.82) is 0 Å². The number of halogens is 1. The number of hydrogen-bond donors (Lipinski definition) is 1. The van der Waals surface area contributed by atoms with Gasteiger partial charge in [-0.05, 0) is 0 Å². The summed E-state index contributed by atoms with van der Waals surface area (Å²) in [7, 11) is 3.46. The van der Waals surface area contributed by atoms with Crippen molar-refractivity contribution in [1.82, 2.24) is 19.5 Å². The normalized spacial score (nSPS) is 10.3. The van der Waals surface area contributed by atoms with Crippen molar-refractivity contribution < 1.29 is 4.39 Å². The topological polar surface area (TPSA) is 55.6 Å². The van der Waals surface area contributed by atoms with Crippen molar-refractivity contribution in [2.45, 2.75) is 0 Å². The maximum absolute atomic E-state index is 13.4. The molecule has 0 aliphatic rings. The number of anilines is 1. The highest BCUT2D eigenvalue weighted by molar-refractivity contribution is 5.52. The number of aromatic nitrogens is 4. The molecular formula is C9H10FN5. The first-order chi connectivity index (χ1) is 7.22. The third kappa shape index (κ3) is 1.65. The second-order valence-corrected chi connectivity index (χ2v) is 3.00. The van der Waals surface area contributed by atoms with E-state index in [4.69, 9.17) is 0 Å². The second-order valence-electron chi connectivity index (χ2n) is 3.00. The zero-order valence-corrected chi connectivity index (χ0v) is 8.40. The van der Waals surface area contributed by atoms with Crippen LogP contribution in [-0.2, 0) is 7.05 Å². The van der Waals surface area contributed by atoms with Gasteiger partial charge in [-0.25, -0.2) is 19.3 Å². The highest BCUT2D eigenvalue weighted by Crippen LogP contribution is 2.18. The van der Waals surface area contributed by atoms with Crippen LogP contribution >= 0.6 is 0 Å². The molecule has 0 aromatic carbocycles. The molecule has 0 aliphatic heterocycles. The highest BCUT2D eigenvalue weighted by Gasteiger charge is 2.12. The molecule has 2 aromatic heterocycles.